The van der Waals surface area contributed by atoms with Crippen molar-refractivity contribution in [3.63, 3.8) is 0 Å². The molecule has 106 valence electrons. The Bertz CT molecular complexity index is 263. The molecular weight excluding hydrogens is 232 g/mol. The monoisotopic (exact) mass is 258 g/mol. The number of amides is 1. The Balaban J connectivity index is 4.37. The number of carboxylic acid groups (broad SMARTS) is 1. The Morgan fingerprint density at radius 1 is 1.06 bits per heavy atom. The molecule has 0 saturated carbocycles. The number of likely N-dealkylation sites (N-methyl/N-ethyl adjacent to an activating group) is 1. The average Bonchev–Trinajstić information content (AvgIpc) is 2.32. The van der Waals surface area contributed by atoms with E-state index < -0.39 is 5.97 Å². The predicted molar refractivity (Wildman–Crippen MR) is 71.5 cm³/mol. The van der Waals surface area contributed by atoms with Gasteiger partial charge < -0.3 is 14.9 Å². The van der Waals surface area contributed by atoms with Gasteiger partial charge in [-0.1, -0.05) is 27.7 Å². The molecule has 0 aromatic rings. The lowest BCUT2D eigenvalue weighted by atomic mass is 10.2. The van der Waals surface area contributed by atoms with E-state index >= 15 is 0 Å². The summed E-state index contributed by atoms with van der Waals surface area (Å²) in [5.41, 5.74) is 0. The van der Waals surface area contributed by atoms with E-state index in [-0.39, 0.29) is 18.2 Å². The van der Waals surface area contributed by atoms with Gasteiger partial charge in [0.1, 0.15) is 0 Å². The quantitative estimate of drug-likeness (QED) is 0.677. The standard InChI is InChI=1S/C13H26N2O3/c1-5-14(6-2)9-10-15(8-7-12(16)17)13(18)11(3)4/h11H,5-10H2,1-4H3,(H,16,17). The number of carbonyl (C=O) groups is 2. The number of nitrogens with zero attached hydrogens (tertiary/aromatic N) is 2. The molecule has 0 spiro atoms. The first-order chi connectivity index (χ1) is 8.42. The van der Waals surface area contributed by atoms with Gasteiger partial charge in [0.15, 0.2) is 0 Å². The summed E-state index contributed by atoms with van der Waals surface area (Å²) in [5, 5.41) is 8.70. The Kier molecular flexibility index (Phi) is 8.37. The van der Waals surface area contributed by atoms with Crippen molar-refractivity contribution in [3.8, 4) is 0 Å². The SMILES string of the molecule is CCN(CC)CCN(CCC(=O)O)C(=O)C(C)C. The minimum absolute atomic E-state index is 0.0106. The van der Waals surface area contributed by atoms with Gasteiger partial charge in [-0.25, -0.2) is 0 Å². The second-order valence-corrected chi connectivity index (χ2v) is 4.65. The maximum atomic E-state index is 12.0. The lowest BCUT2D eigenvalue weighted by molar-refractivity contribution is -0.139. The van der Waals surface area contributed by atoms with E-state index in [1.165, 1.54) is 0 Å². The summed E-state index contributed by atoms with van der Waals surface area (Å²) in [5.74, 6) is -0.918. The fourth-order valence-corrected chi connectivity index (χ4v) is 1.73. The molecule has 0 aliphatic rings. The molecule has 0 unspecified atom stereocenters. The van der Waals surface area contributed by atoms with Crippen molar-refractivity contribution in [2.45, 2.75) is 34.1 Å². The van der Waals surface area contributed by atoms with Gasteiger partial charge in [-0.2, -0.15) is 0 Å². The van der Waals surface area contributed by atoms with Crippen molar-refractivity contribution >= 4 is 11.9 Å². The van der Waals surface area contributed by atoms with Crippen LogP contribution < -0.4 is 0 Å². The van der Waals surface area contributed by atoms with Gasteiger partial charge in [0, 0.05) is 25.6 Å². The summed E-state index contributed by atoms with van der Waals surface area (Å²) in [6.45, 7) is 11.4. The topological polar surface area (TPSA) is 60.9 Å². The zero-order valence-electron chi connectivity index (χ0n) is 12.0. The molecule has 0 bridgehead atoms. The van der Waals surface area contributed by atoms with Crippen LogP contribution in [0.25, 0.3) is 0 Å². The summed E-state index contributed by atoms with van der Waals surface area (Å²) in [6, 6.07) is 0. The van der Waals surface area contributed by atoms with Crippen LogP contribution in [0.2, 0.25) is 0 Å². The van der Waals surface area contributed by atoms with Crippen molar-refractivity contribution in [1.82, 2.24) is 9.80 Å². The normalized spacial score (nSPS) is 11.0. The highest BCUT2D eigenvalue weighted by Gasteiger charge is 2.18. The minimum Gasteiger partial charge on any atom is -0.481 e. The summed E-state index contributed by atoms with van der Waals surface area (Å²) < 4.78 is 0. The Morgan fingerprint density at radius 3 is 2.00 bits per heavy atom. The van der Waals surface area contributed by atoms with Crippen LogP contribution in [-0.4, -0.2) is 59.5 Å². The van der Waals surface area contributed by atoms with Crippen LogP contribution in [0.4, 0.5) is 0 Å². The summed E-state index contributed by atoms with van der Waals surface area (Å²) in [7, 11) is 0. The zero-order valence-corrected chi connectivity index (χ0v) is 12.0. The van der Waals surface area contributed by atoms with Crippen molar-refractivity contribution in [2.24, 2.45) is 5.92 Å². The van der Waals surface area contributed by atoms with Crippen LogP contribution in [0.1, 0.15) is 34.1 Å². The van der Waals surface area contributed by atoms with Crippen molar-refractivity contribution in [1.29, 1.82) is 0 Å². The van der Waals surface area contributed by atoms with Crippen molar-refractivity contribution < 1.29 is 14.7 Å². The molecule has 0 aromatic heterocycles. The van der Waals surface area contributed by atoms with Crippen LogP contribution in [0.3, 0.4) is 0 Å². The van der Waals surface area contributed by atoms with Gasteiger partial charge in [0.2, 0.25) is 5.91 Å². The molecule has 5 heteroatoms. The molecule has 0 radical (unpaired) electrons. The van der Waals surface area contributed by atoms with Crippen molar-refractivity contribution in [3.05, 3.63) is 0 Å². The second-order valence-electron chi connectivity index (χ2n) is 4.65. The van der Waals surface area contributed by atoms with Gasteiger partial charge in [0.05, 0.1) is 6.42 Å². The molecule has 1 amide bonds. The highest BCUT2D eigenvalue weighted by molar-refractivity contribution is 5.78. The fourth-order valence-electron chi connectivity index (χ4n) is 1.73. The molecule has 0 atom stereocenters. The fraction of sp³-hybridized carbons (Fsp3) is 0.846. The lowest BCUT2D eigenvalue weighted by Crippen LogP contribution is -2.41. The summed E-state index contributed by atoms with van der Waals surface area (Å²) in [4.78, 5) is 26.4. The predicted octanol–water partition coefficient (Wildman–Crippen LogP) is 1.29. The van der Waals surface area contributed by atoms with Crippen molar-refractivity contribution in [2.75, 3.05) is 32.7 Å². The zero-order chi connectivity index (χ0) is 14.1. The molecule has 0 rings (SSSR count). The molecule has 0 saturated heterocycles. The van der Waals surface area contributed by atoms with Crippen LogP contribution in [-0.2, 0) is 9.59 Å². The third-order valence-corrected chi connectivity index (χ3v) is 2.98. The maximum Gasteiger partial charge on any atom is 0.305 e. The molecule has 0 aromatic carbocycles. The number of rotatable bonds is 9. The highest BCUT2D eigenvalue weighted by atomic mass is 16.4. The largest absolute Gasteiger partial charge is 0.481 e. The van der Waals surface area contributed by atoms with E-state index in [1.807, 2.05) is 13.8 Å². The maximum absolute atomic E-state index is 12.0. The number of hydrogen-bond acceptors (Lipinski definition) is 3. The van der Waals surface area contributed by atoms with E-state index in [0.717, 1.165) is 19.6 Å². The van der Waals surface area contributed by atoms with Gasteiger partial charge >= 0.3 is 5.97 Å². The van der Waals surface area contributed by atoms with Gasteiger partial charge in [-0.05, 0) is 13.1 Å². The molecule has 5 nitrogen and oxygen atoms in total. The molecule has 0 heterocycles. The van der Waals surface area contributed by atoms with E-state index in [0.29, 0.717) is 13.1 Å². The minimum atomic E-state index is -0.862. The molecule has 0 fully saturated rings. The van der Waals surface area contributed by atoms with Crippen LogP contribution >= 0.6 is 0 Å². The molecule has 0 aliphatic heterocycles. The lowest BCUT2D eigenvalue weighted by Gasteiger charge is -2.27. The number of aliphatic carboxylic acids is 1. The smallest absolute Gasteiger partial charge is 0.305 e. The van der Waals surface area contributed by atoms with Crippen LogP contribution in [0.5, 0.6) is 0 Å². The van der Waals surface area contributed by atoms with Gasteiger partial charge in [-0.15, -0.1) is 0 Å². The first-order valence-corrected chi connectivity index (χ1v) is 6.65. The summed E-state index contributed by atoms with van der Waals surface area (Å²) in [6.07, 6.45) is 0.0106. The molecule has 18 heavy (non-hydrogen) atoms. The van der Waals surface area contributed by atoms with E-state index in [4.69, 9.17) is 5.11 Å². The highest BCUT2D eigenvalue weighted by Crippen LogP contribution is 2.03. The third-order valence-electron chi connectivity index (χ3n) is 2.98. The second kappa shape index (κ2) is 8.91. The Labute approximate surface area is 110 Å². The van der Waals surface area contributed by atoms with E-state index in [9.17, 15) is 9.59 Å². The third kappa shape index (κ3) is 6.59. The number of hydrogen-bond donors (Lipinski definition) is 1. The summed E-state index contributed by atoms with van der Waals surface area (Å²) >= 11 is 0. The van der Waals surface area contributed by atoms with Gasteiger partial charge in [0.25, 0.3) is 0 Å². The van der Waals surface area contributed by atoms with E-state index in [2.05, 4.69) is 18.7 Å². The average molecular weight is 258 g/mol. The van der Waals surface area contributed by atoms with Crippen LogP contribution in [0.15, 0.2) is 0 Å². The number of carboxylic acids is 1. The van der Waals surface area contributed by atoms with Gasteiger partial charge in [-0.3, -0.25) is 9.59 Å². The van der Waals surface area contributed by atoms with Crippen LogP contribution in [0, 0.1) is 5.92 Å². The Hall–Kier alpha value is -1.10. The Morgan fingerprint density at radius 2 is 1.61 bits per heavy atom. The first-order valence-electron chi connectivity index (χ1n) is 6.65. The first kappa shape index (κ1) is 16.9. The molecule has 1 N–H and O–H groups in total. The molecular formula is C13H26N2O3. The molecule has 0 aliphatic carbocycles. The number of carbonyl (C=O) groups excluding carboxylic acids is 1. The van der Waals surface area contributed by atoms with E-state index in [1.54, 1.807) is 4.90 Å².